The van der Waals surface area contributed by atoms with Crippen molar-refractivity contribution in [1.29, 1.82) is 0 Å². The number of likely N-dealkylation sites (tertiary alicyclic amines) is 1. The molecule has 2 aliphatic rings. The first-order valence-corrected chi connectivity index (χ1v) is 11.6. The molecule has 2 fully saturated rings. The van der Waals surface area contributed by atoms with E-state index in [4.69, 9.17) is 4.98 Å². The summed E-state index contributed by atoms with van der Waals surface area (Å²) in [5, 5.41) is 11.4. The van der Waals surface area contributed by atoms with Crippen LogP contribution in [0.2, 0.25) is 0 Å². The van der Waals surface area contributed by atoms with Gasteiger partial charge in [0.2, 0.25) is 0 Å². The number of hydrogen-bond acceptors (Lipinski definition) is 5. The van der Waals surface area contributed by atoms with E-state index in [9.17, 15) is 9.59 Å². The van der Waals surface area contributed by atoms with E-state index in [0.717, 1.165) is 37.8 Å². The quantitative estimate of drug-likeness (QED) is 0.655. The van der Waals surface area contributed by atoms with E-state index in [1.54, 1.807) is 4.68 Å². The van der Waals surface area contributed by atoms with Gasteiger partial charge in [-0.15, -0.1) is 5.10 Å². The fraction of sp³-hybridized carbons (Fsp3) is 0.522. The minimum atomic E-state index is -0.284. The second kappa shape index (κ2) is 9.10. The van der Waals surface area contributed by atoms with Gasteiger partial charge >= 0.3 is 6.03 Å². The van der Waals surface area contributed by atoms with Crippen LogP contribution in [0.5, 0.6) is 0 Å². The zero-order valence-electron chi connectivity index (χ0n) is 18.2. The highest BCUT2D eigenvalue weighted by Gasteiger charge is 2.28. The summed E-state index contributed by atoms with van der Waals surface area (Å²) in [5.41, 5.74) is 1.50. The molecule has 9 heteroatoms. The molecule has 2 amide bonds. The number of carbonyl (C=O) groups excluding carboxylic acids is 1. The van der Waals surface area contributed by atoms with Crippen LogP contribution in [0.3, 0.4) is 0 Å². The molecule has 9 nitrogen and oxygen atoms in total. The second-order valence-electron chi connectivity index (χ2n) is 8.93. The molecule has 1 atom stereocenters. The van der Waals surface area contributed by atoms with Gasteiger partial charge in [0, 0.05) is 25.0 Å². The zero-order chi connectivity index (χ0) is 21.9. The molecule has 2 N–H and O–H groups in total. The standard InChI is InChI=1S/C23H29N7O2/c31-22-19-21(30(28-27-19)14-16-8-3-1-4-9-16)25-20(26-22)17-10-7-13-29(15-17)23(32)24-18-11-5-2-6-12-18/h1,3-4,8-9,17-18H,2,5-7,10-15H2,(H,24,32)(H,25,26,31)/t17-/m0/s1. The van der Waals surface area contributed by atoms with E-state index in [0.29, 0.717) is 24.6 Å². The van der Waals surface area contributed by atoms with E-state index < -0.39 is 0 Å². The van der Waals surface area contributed by atoms with Gasteiger partial charge in [-0.3, -0.25) is 4.79 Å². The molecular formula is C23H29N7O2. The molecule has 0 bridgehead atoms. The molecule has 1 aliphatic carbocycles. The number of nitrogens with zero attached hydrogens (tertiary/aromatic N) is 5. The number of aromatic nitrogens is 5. The number of nitrogens with one attached hydrogen (secondary N) is 2. The fourth-order valence-corrected chi connectivity index (χ4v) is 4.84. The molecule has 1 saturated carbocycles. The maximum atomic E-state index is 12.8. The number of benzene rings is 1. The predicted octanol–water partition coefficient (Wildman–Crippen LogP) is 2.78. The Kier molecular flexibility index (Phi) is 5.87. The first-order valence-electron chi connectivity index (χ1n) is 11.6. The Morgan fingerprint density at radius 2 is 1.91 bits per heavy atom. The van der Waals surface area contributed by atoms with Gasteiger partial charge in [0.05, 0.1) is 6.54 Å². The number of aromatic amines is 1. The van der Waals surface area contributed by atoms with Gasteiger partial charge in [-0.1, -0.05) is 54.8 Å². The Hall–Kier alpha value is -3.23. The van der Waals surface area contributed by atoms with Crippen LogP contribution in [0.1, 0.15) is 62.3 Å². The van der Waals surface area contributed by atoms with Gasteiger partial charge in [-0.05, 0) is 31.2 Å². The van der Waals surface area contributed by atoms with Gasteiger partial charge in [0.1, 0.15) is 5.82 Å². The van der Waals surface area contributed by atoms with Crippen LogP contribution >= 0.6 is 0 Å². The number of H-pyrrole nitrogens is 1. The van der Waals surface area contributed by atoms with Crippen molar-refractivity contribution < 1.29 is 4.79 Å². The maximum Gasteiger partial charge on any atom is 0.317 e. The van der Waals surface area contributed by atoms with Crippen molar-refractivity contribution in [1.82, 2.24) is 35.2 Å². The summed E-state index contributed by atoms with van der Waals surface area (Å²) in [5.74, 6) is 0.590. The molecule has 5 rings (SSSR count). The molecular weight excluding hydrogens is 406 g/mol. The molecule has 3 aromatic rings. The smallest absolute Gasteiger partial charge is 0.317 e. The van der Waals surface area contributed by atoms with Crippen LogP contribution in [0.15, 0.2) is 35.1 Å². The predicted molar refractivity (Wildman–Crippen MR) is 120 cm³/mol. The van der Waals surface area contributed by atoms with Crippen molar-refractivity contribution in [2.24, 2.45) is 0 Å². The second-order valence-corrected chi connectivity index (χ2v) is 8.93. The molecule has 1 saturated heterocycles. The Balaban J connectivity index is 1.34. The zero-order valence-corrected chi connectivity index (χ0v) is 18.2. The van der Waals surface area contributed by atoms with Gasteiger partial charge < -0.3 is 15.2 Å². The van der Waals surface area contributed by atoms with Crippen LogP contribution in [-0.2, 0) is 6.54 Å². The number of hydrogen-bond donors (Lipinski definition) is 2. The first kappa shape index (κ1) is 20.7. The van der Waals surface area contributed by atoms with Crippen molar-refractivity contribution in [2.45, 2.75) is 63.5 Å². The molecule has 2 aromatic heterocycles. The van der Waals surface area contributed by atoms with Crippen LogP contribution in [-0.4, -0.2) is 55.0 Å². The van der Waals surface area contributed by atoms with Gasteiger partial charge in [0.15, 0.2) is 11.2 Å². The topological polar surface area (TPSA) is 109 Å². The highest BCUT2D eigenvalue weighted by atomic mass is 16.2. The number of urea groups is 1. The molecule has 0 spiro atoms. The van der Waals surface area contributed by atoms with E-state index in [1.807, 2.05) is 35.2 Å². The molecule has 1 aromatic carbocycles. The lowest BCUT2D eigenvalue weighted by atomic mass is 9.95. The van der Waals surface area contributed by atoms with Gasteiger partial charge in [-0.2, -0.15) is 0 Å². The average Bonchev–Trinajstić information content (AvgIpc) is 3.23. The summed E-state index contributed by atoms with van der Waals surface area (Å²) in [4.78, 5) is 35.0. The normalized spacial score (nSPS) is 19.9. The molecule has 32 heavy (non-hydrogen) atoms. The molecule has 0 radical (unpaired) electrons. The number of fused-ring (bicyclic) bond motifs is 1. The lowest BCUT2D eigenvalue weighted by Crippen LogP contribution is -2.48. The lowest BCUT2D eigenvalue weighted by molar-refractivity contribution is 0.171. The maximum absolute atomic E-state index is 12.8. The summed E-state index contributed by atoms with van der Waals surface area (Å²) in [6.45, 7) is 1.77. The Morgan fingerprint density at radius 1 is 1.09 bits per heavy atom. The van der Waals surface area contributed by atoms with E-state index in [2.05, 4.69) is 20.6 Å². The highest BCUT2D eigenvalue weighted by Crippen LogP contribution is 2.25. The molecule has 1 aliphatic heterocycles. The first-order chi connectivity index (χ1) is 15.7. The Labute approximate surface area is 186 Å². The molecule has 3 heterocycles. The van der Waals surface area contributed by atoms with Crippen molar-refractivity contribution in [3.05, 3.63) is 52.1 Å². The third-order valence-electron chi connectivity index (χ3n) is 6.60. The summed E-state index contributed by atoms with van der Waals surface area (Å²) in [7, 11) is 0. The summed E-state index contributed by atoms with van der Waals surface area (Å²) in [6, 6.07) is 10.2. The van der Waals surface area contributed by atoms with Gasteiger partial charge in [-0.25, -0.2) is 14.5 Å². The minimum Gasteiger partial charge on any atom is -0.335 e. The van der Waals surface area contributed by atoms with Crippen molar-refractivity contribution in [3.8, 4) is 0 Å². The largest absolute Gasteiger partial charge is 0.335 e. The van der Waals surface area contributed by atoms with E-state index >= 15 is 0 Å². The highest BCUT2D eigenvalue weighted by molar-refractivity contribution is 5.74. The minimum absolute atomic E-state index is 0.000751. The SMILES string of the molecule is O=C(NC1CCCCC1)N1CCC[C@H](c2nc3c(nnn3Cc3ccccc3)c(=O)[nH]2)C1. The average molecular weight is 436 g/mol. The van der Waals surface area contributed by atoms with Crippen molar-refractivity contribution in [3.63, 3.8) is 0 Å². The van der Waals surface area contributed by atoms with Crippen LogP contribution in [0.25, 0.3) is 11.2 Å². The molecule has 0 unspecified atom stereocenters. The number of piperidine rings is 1. The van der Waals surface area contributed by atoms with Crippen LogP contribution < -0.4 is 10.9 Å². The van der Waals surface area contributed by atoms with E-state index in [-0.39, 0.29) is 29.1 Å². The number of carbonyl (C=O) groups is 1. The summed E-state index contributed by atoms with van der Waals surface area (Å²) in [6.07, 6.45) is 7.51. The Morgan fingerprint density at radius 3 is 2.72 bits per heavy atom. The van der Waals surface area contributed by atoms with Crippen molar-refractivity contribution >= 4 is 17.2 Å². The number of rotatable bonds is 4. The third kappa shape index (κ3) is 4.37. The fourth-order valence-electron chi connectivity index (χ4n) is 4.84. The van der Waals surface area contributed by atoms with E-state index in [1.165, 1.54) is 19.3 Å². The number of amides is 2. The van der Waals surface area contributed by atoms with Crippen LogP contribution in [0, 0.1) is 0 Å². The monoisotopic (exact) mass is 435 g/mol. The Bertz CT molecular complexity index is 1130. The third-order valence-corrected chi connectivity index (χ3v) is 6.60. The van der Waals surface area contributed by atoms with Crippen LogP contribution in [0.4, 0.5) is 4.79 Å². The lowest BCUT2D eigenvalue weighted by Gasteiger charge is -2.34. The summed E-state index contributed by atoms with van der Waals surface area (Å²) >= 11 is 0. The van der Waals surface area contributed by atoms with Crippen molar-refractivity contribution in [2.75, 3.05) is 13.1 Å². The van der Waals surface area contributed by atoms with Gasteiger partial charge in [0.25, 0.3) is 5.56 Å². The molecule has 168 valence electrons. The summed E-state index contributed by atoms with van der Waals surface area (Å²) < 4.78 is 1.67.